The second-order valence-electron chi connectivity index (χ2n) is 7.29. The second-order valence-corrected chi connectivity index (χ2v) is 9.52. The lowest BCUT2D eigenvalue weighted by molar-refractivity contribution is -0.152. The first kappa shape index (κ1) is 22.9. The van der Waals surface area contributed by atoms with Gasteiger partial charge in [0.2, 0.25) is 0 Å². The monoisotopic (exact) mass is 424 g/mol. The number of carbonyl (C=O) groups excluding carboxylic acids is 3. The van der Waals surface area contributed by atoms with E-state index in [4.69, 9.17) is 4.74 Å². The minimum Gasteiger partial charge on any atom is -0.454 e. The predicted octanol–water partition coefficient (Wildman–Crippen LogP) is 1.00. The molecule has 29 heavy (non-hydrogen) atoms. The van der Waals surface area contributed by atoms with Gasteiger partial charge in [-0.3, -0.25) is 14.4 Å². The number of carbonyl (C=O) groups is 3. The Morgan fingerprint density at radius 2 is 1.93 bits per heavy atom. The molecule has 0 radical (unpaired) electrons. The number of nitrogens with one attached hydrogen (secondary N) is 1. The van der Waals surface area contributed by atoms with Crippen molar-refractivity contribution < 1.29 is 27.5 Å². The van der Waals surface area contributed by atoms with Crippen LogP contribution >= 0.6 is 0 Å². The van der Waals surface area contributed by atoms with Gasteiger partial charge in [0, 0.05) is 18.2 Å². The van der Waals surface area contributed by atoms with Crippen molar-refractivity contribution in [3.8, 4) is 0 Å². The van der Waals surface area contributed by atoms with Crippen LogP contribution in [0.5, 0.6) is 0 Å². The Balaban J connectivity index is 1.83. The molecule has 0 unspecified atom stereocenters. The third kappa shape index (κ3) is 6.56. The summed E-state index contributed by atoms with van der Waals surface area (Å²) in [5.74, 6) is -1.55. The summed E-state index contributed by atoms with van der Waals surface area (Å²) in [4.78, 5) is 37.9. The summed E-state index contributed by atoms with van der Waals surface area (Å²) in [6, 6.07) is 4.85. The van der Waals surface area contributed by atoms with Crippen LogP contribution < -0.4 is 5.32 Å². The summed E-state index contributed by atoms with van der Waals surface area (Å²) in [6.45, 7) is 5.29. The van der Waals surface area contributed by atoms with Crippen molar-refractivity contribution in [2.75, 3.05) is 31.2 Å². The summed E-state index contributed by atoms with van der Waals surface area (Å²) >= 11 is 0. The Labute approximate surface area is 171 Å². The number of sulfone groups is 1. The zero-order valence-corrected chi connectivity index (χ0v) is 17.9. The van der Waals surface area contributed by atoms with Crippen LogP contribution in [-0.2, 0) is 24.2 Å². The minimum atomic E-state index is -3.12. The fourth-order valence-electron chi connectivity index (χ4n) is 3.19. The summed E-state index contributed by atoms with van der Waals surface area (Å²) in [7, 11) is -3.12. The van der Waals surface area contributed by atoms with Gasteiger partial charge in [-0.2, -0.15) is 0 Å². The molecule has 0 saturated carbocycles. The Morgan fingerprint density at radius 1 is 1.21 bits per heavy atom. The maximum absolute atomic E-state index is 12.4. The summed E-state index contributed by atoms with van der Waals surface area (Å²) in [5, 5.41) is 2.47. The number of benzene rings is 1. The van der Waals surface area contributed by atoms with E-state index in [1.807, 2.05) is 26.8 Å². The molecule has 8 nitrogen and oxygen atoms in total. The molecule has 1 saturated heterocycles. The van der Waals surface area contributed by atoms with E-state index in [0.29, 0.717) is 24.9 Å². The van der Waals surface area contributed by atoms with E-state index in [0.717, 1.165) is 11.1 Å². The number of esters is 1. The molecule has 9 heteroatoms. The van der Waals surface area contributed by atoms with Crippen LogP contribution in [0.2, 0.25) is 0 Å². The van der Waals surface area contributed by atoms with Gasteiger partial charge in [-0.15, -0.1) is 0 Å². The predicted molar refractivity (Wildman–Crippen MR) is 108 cm³/mol. The number of ether oxygens (including phenoxy) is 1. The van der Waals surface area contributed by atoms with Gasteiger partial charge in [0.1, 0.15) is 6.54 Å². The standard InChI is InChI=1S/C20H28N2O6S/c1-4-8-22(17-7-9-29(26,27)13-17)18(23)12-28-19(24)11-21-20(25)16-6-5-14(2)15(3)10-16/h5-6,10,17H,4,7-9,11-13H2,1-3H3,(H,21,25)/t17-/m0/s1. The molecule has 0 aliphatic carbocycles. The van der Waals surface area contributed by atoms with Gasteiger partial charge in [-0.05, 0) is 49.9 Å². The van der Waals surface area contributed by atoms with E-state index < -0.39 is 34.2 Å². The minimum absolute atomic E-state index is 0.0568. The molecule has 1 aliphatic heterocycles. The normalized spacial score (nSPS) is 17.6. The highest BCUT2D eigenvalue weighted by atomic mass is 32.2. The van der Waals surface area contributed by atoms with Crippen molar-refractivity contribution in [2.24, 2.45) is 0 Å². The fourth-order valence-corrected chi connectivity index (χ4v) is 4.92. The van der Waals surface area contributed by atoms with E-state index in [2.05, 4.69) is 5.32 Å². The van der Waals surface area contributed by atoms with Gasteiger partial charge in [0.15, 0.2) is 16.4 Å². The molecule has 2 rings (SSSR count). The molecule has 160 valence electrons. The molecule has 1 atom stereocenters. The Kier molecular flexibility index (Phi) is 7.78. The van der Waals surface area contributed by atoms with E-state index in [1.54, 1.807) is 12.1 Å². The molecular formula is C20H28N2O6S. The fraction of sp³-hybridized carbons (Fsp3) is 0.550. The molecule has 0 aromatic heterocycles. The molecule has 1 aromatic carbocycles. The number of nitrogens with zero attached hydrogens (tertiary/aromatic N) is 1. The van der Waals surface area contributed by atoms with Gasteiger partial charge in [0.25, 0.3) is 11.8 Å². The highest BCUT2D eigenvalue weighted by Gasteiger charge is 2.34. The second kappa shape index (κ2) is 9.87. The van der Waals surface area contributed by atoms with E-state index in [1.165, 1.54) is 4.90 Å². The average Bonchev–Trinajstić information content (AvgIpc) is 3.03. The first-order valence-electron chi connectivity index (χ1n) is 9.64. The van der Waals surface area contributed by atoms with Gasteiger partial charge in [-0.1, -0.05) is 13.0 Å². The summed E-state index contributed by atoms with van der Waals surface area (Å²) in [6.07, 6.45) is 1.07. The van der Waals surface area contributed by atoms with Gasteiger partial charge < -0.3 is 15.0 Å². The molecule has 0 spiro atoms. The number of hydrogen-bond donors (Lipinski definition) is 1. The topological polar surface area (TPSA) is 110 Å². The first-order chi connectivity index (χ1) is 13.6. The van der Waals surface area contributed by atoms with Crippen molar-refractivity contribution >= 4 is 27.6 Å². The number of amides is 2. The largest absolute Gasteiger partial charge is 0.454 e. The molecule has 2 amide bonds. The van der Waals surface area contributed by atoms with E-state index in [9.17, 15) is 22.8 Å². The molecule has 0 bridgehead atoms. The van der Waals surface area contributed by atoms with Crippen LogP contribution in [0.15, 0.2) is 18.2 Å². The van der Waals surface area contributed by atoms with Gasteiger partial charge in [0.05, 0.1) is 11.5 Å². The van der Waals surface area contributed by atoms with E-state index in [-0.39, 0.29) is 24.1 Å². The van der Waals surface area contributed by atoms with Gasteiger partial charge >= 0.3 is 5.97 Å². The van der Waals surface area contributed by atoms with Crippen LogP contribution in [0.25, 0.3) is 0 Å². The van der Waals surface area contributed by atoms with Crippen LogP contribution in [-0.4, -0.2) is 68.3 Å². The van der Waals surface area contributed by atoms with Gasteiger partial charge in [-0.25, -0.2) is 8.42 Å². The maximum Gasteiger partial charge on any atom is 0.325 e. The highest BCUT2D eigenvalue weighted by Crippen LogP contribution is 2.18. The molecule has 1 fully saturated rings. The number of hydrogen-bond acceptors (Lipinski definition) is 6. The first-order valence-corrected chi connectivity index (χ1v) is 11.5. The van der Waals surface area contributed by atoms with Crippen LogP contribution in [0.4, 0.5) is 0 Å². The SMILES string of the molecule is CCCN(C(=O)COC(=O)CNC(=O)c1ccc(C)c(C)c1)[C@H]1CCS(=O)(=O)C1. The number of aryl methyl sites for hydroxylation is 2. The lowest BCUT2D eigenvalue weighted by atomic mass is 10.1. The zero-order chi connectivity index (χ0) is 21.6. The lowest BCUT2D eigenvalue weighted by Gasteiger charge is -2.27. The van der Waals surface area contributed by atoms with Crippen molar-refractivity contribution in [3.05, 3.63) is 34.9 Å². The molecule has 1 aliphatic rings. The Morgan fingerprint density at radius 3 is 2.52 bits per heavy atom. The maximum atomic E-state index is 12.4. The number of rotatable bonds is 8. The van der Waals surface area contributed by atoms with Crippen LogP contribution in [0.1, 0.15) is 41.3 Å². The van der Waals surface area contributed by atoms with Crippen molar-refractivity contribution in [2.45, 2.75) is 39.7 Å². The smallest absolute Gasteiger partial charge is 0.325 e. The molecule has 1 heterocycles. The van der Waals surface area contributed by atoms with Crippen molar-refractivity contribution in [1.29, 1.82) is 0 Å². The van der Waals surface area contributed by atoms with E-state index >= 15 is 0 Å². The third-order valence-corrected chi connectivity index (χ3v) is 6.70. The molecular weight excluding hydrogens is 396 g/mol. The molecule has 1 aromatic rings. The zero-order valence-electron chi connectivity index (χ0n) is 17.1. The lowest BCUT2D eigenvalue weighted by Crippen LogP contribution is -2.44. The molecule has 1 N–H and O–H groups in total. The third-order valence-electron chi connectivity index (χ3n) is 4.95. The average molecular weight is 425 g/mol. The van der Waals surface area contributed by atoms with Crippen LogP contribution in [0, 0.1) is 13.8 Å². The van der Waals surface area contributed by atoms with Crippen molar-refractivity contribution in [1.82, 2.24) is 10.2 Å². The quantitative estimate of drug-likeness (QED) is 0.624. The highest BCUT2D eigenvalue weighted by molar-refractivity contribution is 7.91. The van der Waals surface area contributed by atoms with Crippen LogP contribution in [0.3, 0.4) is 0 Å². The summed E-state index contributed by atoms with van der Waals surface area (Å²) < 4.78 is 28.3. The summed E-state index contributed by atoms with van der Waals surface area (Å²) in [5.41, 5.74) is 2.47. The Bertz CT molecular complexity index is 881. The van der Waals surface area contributed by atoms with Crippen molar-refractivity contribution in [3.63, 3.8) is 0 Å². The Hall–Kier alpha value is -2.42.